The Morgan fingerprint density at radius 2 is 1.77 bits per heavy atom. The fraction of sp³-hybridized carbons (Fsp3) is 0.409. The highest BCUT2D eigenvalue weighted by Crippen LogP contribution is 2.28. The molecule has 3 heterocycles. The van der Waals surface area contributed by atoms with Crippen LogP contribution in [0.25, 0.3) is 0 Å². The number of hydrogen-bond donors (Lipinski definition) is 4. The first-order valence-corrected chi connectivity index (χ1v) is 11.6. The number of rotatable bonds is 9. The lowest BCUT2D eigenvalue weighted by atomic mass is 10.1. The van der Waals surface area contributed by atoms with Gasteiger partial charge in [-0.2, -0.15) is 5.10 Å². The van der Waals surface area contributed by atoms with Gasteiger partial charge in [0.25, 0.3) is 0 Å². The second kappa shape index (κ2) is 10.5. The lowest BCUT2D eigenvalue weighted by Gasteiger charge is -2.26. The monoisotopic (exact) mass is 438 g/mol. The van der Waals surface area contributed by atoms with E-state index in [-0.39, 0.29) is 0 Å². The first kappa shape index (κ1) is 21.5. The van der Waals surface area contributed by atoms with Crippen LogP contribution in [0.1, 0.15) is 25.0 Å². The maximum atomic E-state index is 4.74. The van der Waals surface area contributed by atoms with E-state index in [1.165, 1.54) is 32.4 Å². The molecule has 1 aromatic carbocycles. The third-order valence-corrected chi connectivity index (χ3v) is 6.08. The molecule has 0 saturated carbocycles. The van der Waals surface area contributed by atoms with Gasteiger partial charge in [0.05, 0.1) is 0 Å². The third kappa shape index (κ3) is 6.35. The number of likely N-dealkylation sites (tertiary alicyclic amines) is 1. The zero-order valence-corrected chi connectivity index (χ0v) is 18.9. The summed E-state index contributed by atoms with van der Waals surface area (Å²) in [5.41, 5.74) is 2.07. The maximum Gasteiger partial charge on any atom is 0.196 e. The van der Waals surface area contributed by atoms with Crippen LogP contribution in [-0.4, -0.2) is 58.3 Å². The van der Waals surface area contributed by atoms with E-state index in [9.17, 15) is 0 Å². The van der Waals surface area contributed by atoms with Crippen molar-refractivity contribution in [2.75, 3.05) is 49.2 Å². The molecule has 0 bridgehead atoms. The molecule has 0 unspecified atom stereocenters. The molecule has 2 aromatic heterocycles. The smallest absolute Gasteiger partial charge is 0.196 e. The van der Waals surface area contributed by atoms with Crippen molar-refractivity contribution in [3.63, 3.8) is 0 Å². The number of nitrogens with one attached hydrogen (secondary N) is 4. The molecule has 9 heteroatoms. The number of aryl methyl sites for hydroxylation is 1. The van der Waals surface area contributed by atoms with Crippen LogP contribution in [0.3, 0.4) is 0 Å². The van der Waals surface area contributed by atoms with Crippen LogP contribution < -0.4 is 16.0 Å². The van der Waals surface area contributed by atoms with Crippen LogP contribution >= 0.6 is 11.8 Å². The van der Waals surface area contributed by atoms with Crippen molar-refractivity contribution in [1.29, 1.82) is 0 Å². The number of aromatic amines is 1. The Hall–Kier alpha value is -2.78. The van der Waals surface area contributed by atoms with E-state index in [1.807, 2.05) is 26.1 Å². The summed E-state index contributed by atoms with van der Waals surface area (Å²) in [7, 11) is 1.92. The van der Waals surface area contributed by atoms with Crippen molar-refractivity contribution < 1.29 is 0 Å². The average Bonchev–Trinajstić information content (AvgIpc) is 3.19. The molecule has 1 saturated heterocycles. The molecule has 0 atom stereocenters. The summed E-state index contributed by atoms with van der Waals surface area (Å²) in [5, 5.41) is 17.8. The zero-order valence-electron chi connectivity index (χ0n) is 18.1. The molecule has 31 heavy (non-hydrogen) atoms. The quantitative estimate of drug-likeness (QED) is 0.367. The molecule has 3 aromatic rings. The van der Waals surface area contributed by atoms with Gasteiger partial charge < -0.3 is 20.9 Å². The molecule has 1 aliphatic heterocycles. The molecule has 1 aliphatic rings. The van der Waals surface area contributed by atoms with Crippen LogP contribution in [0.5, 0.6) is 0 Å². The van der Waals surface area contributed by atoms with Crippen molar-refractivity contribution in [3.8, 4) is 0 Å². The van der Waals surface area contributed by atoms with Crippen molar-refractivity contribution in [2.45, 2.75) is 36.2 Å². The van der Waals surface area contributed by atoms with Crippen LogP contribution in [0.2, 0.25) is 0 Å². The van der Waals surface area contributed by atoms with Gasteiger partial charge in [0.2, 0.25) is 0 Å². The van der Waals surface area contributed by atoms with E-state index in [4.69, 9.17) is 9.97 Å². The summed E-state index contributed by atoms with van der Waals surface area (Å²) in [6, 6.07) is 12.1. The Bertz CT molecular complexity index is 966. The molecule has 0 aliphatic carbocycles. The van der Waals surface area contributed by atoms with Gasteiger partial charge >= 0.3 is 0 Å². The Morgan fingerprint density at radius 1 is 1.00 bits per heavy atom. The number of benzene rings is 1. The number of anilines is 4. The minimum absolute atomic E-state index is 0.690. The van der Waals surface area contributed by atoms with E-state index >= 15 is 0 Å². The lowest BCUT2D eigenvalue weighted by molar-refractivity contribution is 0.237. The summed E-state index contributed by atoms with van der Waals surface area (Å²) in [6.45, 7) is 6.25. The summed E-state index contributed by atoms with van der Waals surface area (Å²) in [4.78, 5) is 13.0. The van der Waals surface area contributed by atoms with Gasteiger partial charge in [0, 0.05) is 48.5 Å². The van der Waals surface area contributed by atoms with Gasteiger partial charge in [-0.1, -0.05) is 6.42 Å². The van der Waals surface area contributed by atoms with Crippen molar-refractivity contribution in [1.82, 2.24) is 25.1 Å². The molecule has 4 N–H and O–H groups in total. The minimum Gasteiger partial charge on any atom is -0.388 e. The van der Waals surface area contributed by atoms with Crippen LogP contribution in [0.15, 0.2) is 46.5 Å². The summed E-state index contributed by atoms with van der Waals surface area (Å²) < 4.78 is 0. The predicted octanol–water partition coefficient (Wildman–Crippen LogP) is 4.34. The SMILES string of the molecule is CNc1ccc(Sc2nc(NCCN3CCCCC3)cc(Nc3cc(C)[nH]n3)n2)cc1. The van der Waals surface area contributed by atoms with Gasteiger partial charge in [-0.25, -0.2) is 9.97 Å². The number of aromatic nitrogens is 4. The number of nitrogens with zero attached hydrogens (tertiary/aromatic N) is 4. The fourth-order valence-corrected chi connectivity index (χ4v) is 4.33. The Morgan fingerprint density at radius 3 is 2.48 bits per heavy atom. The van der Waals surface area contributed by atoms with Gasteiger partial charge in [0.15, 0.2) is 11.0 Å². The Labute approximate surface area is 187 Å². The van der Waals surface area contributed by atoms with E-state index in [0.29, 0.717) is 5.16 Å². The van der Waals surface area contributed by atoms with Crippen molar-refractivity contribution in [3.05, 3.63) is 42.1 Å². The predicted molar refractivity (Wildman–Crippen MR) is 128 cm³/mol. The summed E-state index contributed by atoms with van der Waals surface area (Å²) in [5.74, 6) is 2.28. The Balaban J connectivity index is 1.47. The van der Waals surface area contributed by atoms with Crippen LogP contribution in [-0.2, 0) is 0 Å². The first-order chi connectivity index (χ1) is 15.2. The molecule has 0 radical (unpaired) electrons. The number of H-pyrrole nitrogens is 1. The van der Waals surface area contributed by atoms with Crippen molar-refractivity contribution in [2.24, 2.45) is 0 Å². The molecule has 1 fully saturated rings. The van der Waals surface area contributed by atoms with Gasteiger partial charge in [-0.15, -0.1) is 0 Å². The summed E-state index contributed by atoms with van der Waals surface area (Å²) >= 11 is 1.54. The molecule has 8 nitrogen and oxygen atoms in total. The van der Waals surface area contributed by atoms with Gasteiger partial charge in [0.1, 0.15) is 11.6 Å². The fourth-order valence-electron chi connectivity index (χ4n) is 3.56. The first-order valence-electron chi connectivity index (χ1n) is 10.8. The third-order valence-electron chi connectivity index (χ3n) is 5.20. The summed E-state index contributed by atoms with van der Waals surface area (Å²) in [6.07, 6.45) is 3.96. The highest BCUT2D eigenvalue weighted by atomic mass is 32.2. The highest BCUT2D eigenvalue weighted by molar-refractivity contribution is 7.99. The van der Waals surface area contributed by atoms with E-state index in [1.54, 1.807) is 11.8 Å². The lowest BCUT2D eigenvalue weighted by Crippen LogP contribution is -2.33. The second-order valence-corrected chi connectivity index (χ2v) is 8.73. The molecular formula is C22H30N8S. The minimum atomic E-state index is 0.690. The molecule has 0 amide bonds. The van der Waals surface area contributed by atoms with E-state index in [0.717, 1.165) is 46.8 Å². The topological polar surface area (TPSA) is 93.8 Å². The van der Waals surface area contributed by atoms with E-state index < -0.39 is 0 Å². The van der Waals surface area contributed by atoms with Gasteiger partial charge in [-0.3, -0.25) is 5.10 Å². The van der Waals surface area contributed by atoms with Gasteiger partial charge in [-0.05, 0) is 68.9 Å². The zero-order chi connectivity index (χ0) is 21.5. The molecular weight excluding hydrogens is 408 g/mol. The standard InChI is InChI=1S/C22H30N8S/c1-16-14-21(29-28-16)25-20-15-19(24-10-13-30-11-4-3-5-12-30)26-22(27-20)31-18-8-6-17(23-2)7-9-18/h6-9,14-15,23H,3-5,10-13H2,1-2H3,(H3,24,25,26,27,28,29). The van der Waals surface area contributed by atoms with Crippen molar-refractivity contribution >= 4 is 34.9 Å². The maximum absolute atomic E-state index is 4.74. The molecule has 0 spiro atoms. The molecule has 4 rings (SSSR count). The van der Waals surface area contributed by atoms with E-state index in [2.05, 4.69) is 55.3 Å². The molecule has 164 valence electrons. The number of hydrogen-bond acceptors (Lipinski definition) is 8. The average molecular weight is 439 g/mol. The van der Waals surface area contributed by atoms with Crippen LogP contribution in [0, 0.1) is 6.92 Å². The second-order valence-electron chi connectivity index (χ2n) is 7.69. The normalized spacial score (nSPS) is 14.4. The Kier molecular flexibility index (Phi) is 7.26. The number of piperidine rings is 1. The largest absolute Gasteiger partial charge is 0.388 e. The van der Waals surface area contributed by atoms with Crippen LogP contribution in [0.4, 0.5) is 23.1 Å². The highest BCUT2D eigenvalue weighted by Gasteiger charge is 2.11.